The second-order valence-corrected chi connectivity index (χ2v) is 5.21. The van der Waals surface area contributed by atoms with Gasteiger partial charge in [0.1, 0.15) is 0 Å². The third-order valence-corrected chi connectivity index (χ3v) is 3.16. The molecule has 0 saturated heterocycles. The fraction of sp³-hybridized carbons (Fsp3) is 0.111. The molecule has 0 aliphatic rings. The average Bonchev–Trinajstić information content (AvgIpc) is 2.58. The van der Waals surface area contributed by atoms with Gasteiger partial charge in [-0.2, -0.15) is 0 Å². The van der Waals surface area contributed by atoms with E-state index < -0.39 is 23.4 Å². The number of carbonyl (C=O) groups is 2. The van der Waals surface area contributed by atoms with Crippen LogP contribution in [-0.2, 0) is 14.3 Å². The Kier molecular flexibility index (Phi) is 6.00. The monoisotopic (exact) mass is 340 g/mol. The molecule has 25 heavy (non-hydrogen) atoms. The predicted molar refractivity (Wildman–Crippen MR) is 92.9 cm³/mol. The van der Waals surface area contributed by atoms with E-state index in [-0.39, 0.29) is 5.69 Å². The van der Waals surface area contributed by atoms with Crippen molar-refractivity contribution in [1.29, 1.82) is 0 Å². The third-order valence-electron chi connectivity index (χ3n) is 3.16. The molecule has 7 heteroatoms. The molecule has 0 spiro atoms. The molecule has 2 aromatic carbocycles. The largest absolute Gasteiger partial charge is 0.452 e. The summed E-state index contributed by atoms with van der Waals surface area (Å²) in [6, 6.07) is 12.9. The number of nitro groups is 1. The Balaban J connectivity index is 1.81. The van der Waals surface area contributed by atoms with Gasteiger partial charge in [0, 0.05) is 23.9 Å². The van der Waals surface area contributed by atoms with Gasteiger partial charge in [0.15, 0.2) is 6.61 Å². The van der Waals surface area contributed by atoms with Gasteiger partial charge in [-0.25, -0.2) is 4.79 Å². The molecule has 0 heterocycles. The van der Waals surface area contributed by atoms with Gasteiger partial charge in [-0.05, 0) is 48.4 Å². The molecule has 0 radical (unpaired) electrons. The first-order valence-electron chi connectivity index (χ1n) is 7.40. The second kappa shape index (κ2) is 8.39. The first-order valence-corrected chi connectivity index (χ1v) is 7.40. The van der Waals surface area contributed by atoms with Crippen LogP contribution in [0.5, 0.6) is 0 Å². The van der Waals surface area contributed by atoms with Gasteiger partial charge in [-0.3, -0.25) is 14.9 Å². The zero-order valence-corrected chi connectivity index (χ0v) is 13.5. The van der Waals surface area contributed by atoms with Gasteiger partial charge in [-0.1, -0.05) is 12.1 Å². The van der Waals surface area contributed by atoms with Crippen LogP contribution in [0.25, 0.3) is 6.08 Å². The minimum absolute atomic E-state index is 0.0347. The first kappa shape index (κ1) is 17.9. The highest BCUT2D eigenvalue weighted by Gasteiger charge is 2.06. The molecular formula is C18H16N2O5. The SMILES string of the molecule is Cc1cccc(NC(=O)COC(=O)C=Cc2ccc([N+](=O)[O-])cc2)c1. The number of benzene rings is 2. The number of nitrogens with one attached hydrogen (secondary N) is 1. The number of hydrogen-bond donors (Lipinski definition) is 1. The number of non-ortho nitro benzene ring substituents is 1. The molecule has 0 atom stereocenters. The van der Waals surface area contributed by atoms with Crippen LogP contribution in [0, 0.1) is 17.0 Å². The lowest BCUT2D eigenvalue weighted by atomic mass is 10.2. The quantitative estimate of drug-likeness (QED) is 0.377. The minimum Gasteiger partial charge on any atom is -0.452 e. The predicted octanol–water partition coefficient (Wildman–Crippen LogP) is 3.10. The number of anilines is 1. The zero-order valence-electron chi connectivity index (χ0n) is 13.5. The lowest BCUT2D eigenvalue weighted by Gasteiger charge is -2.06. The van der Waals surface area contributed by atoms with E-state index in [0.29, 0.717) is 11.3 Å². The number of hydrogen-bond acceptors (Lipinski definition) is 5. The zero-order chi connectivity index (χ0) is 18.2. The molecule has 0 fully saturated rings. The van der Waals surface area contributed by atoms with Crippen LogP contribution in [0.15, 0.2) is 54.6 Å². The molecule has 2 rings (SSSR count). The maximum Gasteiger partial charge on any atom is 0.331 e. The second-order valence-electron chi connectivity index (χ2n) is 5.21. The molecule has 0 aliphatic carbocycles. The summed E-state index contributed by atoms with van der Waals surface area (Å²) < 4.78 is 4.84. The highest BCUT2D eigenvalue weighted by molar-refractivity contribution is 5.94. The smallest absolute Gasteiger partial charge is 0.331 e. The number of nitrogens with zero attached hydrogens (tertiary/aromatic N) is 1. The van der Waals surface area contributed by atoms with E-state index in [1.807, 2.05) is 19.1 Å². The molecule has 0 aromatic heterocycles. The van der Waals surface area contributed by atoms with Crippen LogP contribution in [0.1, 0.15) is 11.1 Å². The van der Waals surface area contributed by atoms with Crippen LogP contribution in [-0.4, -0.2) is 23.4 Å². The molecule has 1 N–H and O–H groups in total. The standard InChI is InChI=1S/C18H16N2O5/c1-13-3-2-4-15(11-13)19-17(21)12-25-18(22)10-7-14-5-8-16(9-6-14)20(23)24/h2-11H,12H2,1H3,(H,19,21). The number of nitro benzene ring substituents is 1. The summed E-state index contributed by atoms with van der Waals surface area (Å²) in [5.74, 6) is -1.12. The molecule has 0 unspecified atom stereocenters. The van der Waals surface area contributed by atoms with E-state index in [4.69, 9.17) is 4.74 Å². The summed E-state index contributed by atoms with van der Waals surface area (Å²) in [6.07, 6.45) is 2.60. The summed E-state index contributed by atoms with van der Waals surface area (Å²) >= 11 is 0. The van der Waals surface area contributed by atoms with Gasteiger partial charge < -0.3 is 10.1 Å². The van der Waals surface area contributed by atoms with Crippen molar-refractivity contribution in [2.45, 2.75) is 6.92 Å². The normalized spacial score (nSPS) is 10.4. The first-order chi connectivity index (χ1) is 11.9. The maximum absolute atomic E-state index is 11.7. The van der Waals surface area contributed by atoms with Crippen molar-refractivity contribution in [3.05, 3.63) is 75.8 Å². The molecule has 0 bridgehead atoms. The van der Waals surface area contributed by atoms with Gasteiger partial charge >= 0.3 is 5.97 Å². The average molecular weight is 340 g/mol. The van der Waals surface area contributed by atoms with E-state index in [2.05, 4.69) is 5.32 Å². The Bertz CT molecular complexity index is 812. The lowest BCUT2D eigenvalue weighted by Crippen LogP contribution is -2.20. The highest BCUT2D eigenvalue weighted by Crippen LogP contribution is 2.13. The van der Waals surface area contributed by atoms with Crippen LogP contribution >= 0.6 is 0 Å². The number of amides is 1. The van der Waals surface area contributed by atoms with Crippen molar-refractivity contribution >= 4 is 29.3 Å². The number of carbonyl (C=O) groups excluding carboxylic acids is 2. The summed E-state index contributed by atoms with van der Waals surface area (Å²) in [5.41, 5.74) is 2.20. The van der Waals surface area contributed by atoms with Crippen molar-refractivity contribution < 1.29 is 19.2 Å². The van der Waals surface area contributed by atoms with Crippen LogP contribution < -0.4 is 5.32 Å². The number of aryl methyl sites for hydroxylation is 1. The number of ether oxygens (including phenoxy) is 1. The Morgan fingerprint density at radius 2 is 1.92 bits per heavy atom. The minimum atomic E-state index is -0.683. The third kappa shape index (κ3) is 5.91. The van der Waals surface area contributed by atoms with E-state index in [0.717, 1.165) is 11.6 Å². The fourth-order valence-corrected chi connectivity index (χ4v) is 1.98. The molecular weight excluding hydrogens is 324 g/mol. The van der Waals surface area contributed by atoms with Crippen LogP contribution in [0.4, 0.5) is 11.4 Å². The van der Waals surface area contributed by atoms with Gasteiger partial charge in [0.2, 0.25) is 0 Å². The number of rotatable bonds is 6. The van der Waals surface area contributed by atoms with Crippen molar-refractivity contribution in [1.82, 2.24) is 0 Å². The van der Waals surface area contributed by atoms with E-state index >= 15 is 0 Å². The van der Waals surface area contributed by atoms with E-state index in [1.165, 1.54) is 30.3 Å². The Labute approximate surface area is 144 Å². The lowest BCUT2D eigenvalue weighted by molar-refractivity contribution is -0.384. The van der Waals surface area contributed by atoms with Gasteiger partial charge in [-0.15, -0.1) is 0 Å². The van der Waals surface area contributed by atoms with Crippen LogP contribution in [0.3, 0.4) is 0 Å². The van der Waals surface area contributed by atoms with Crippen molar-refractivity contribution in [3.8, 4) is 0 Å². The summed E-state index contributed by atoms with van der Waals surface area (Å²) in [5, 5.41) is 13.2. The van der Waals surface area contributed by atoms with Gasteiger partial charge in [0.05, 0.1) is 4.92 Å². The molecule has 1 amide bonds. The summed E-state index contributed by atoms with van der Waals surface area (Å²) in [6.45, 7) is 1.50. The maximum atomic E-state index is 11.7. The summed E-state index contributed by atoms with van der Waals surface area (Å²) in [7, 11) is 0. The van der Waals surface area contributed by atoms with E-state index in [9.17, 15) is 19.7 Å². The molecule has 128 valence electrons. The van der Waals surface area contributed by atoms with Crippen molar-refractivity contribution in [3.63, 3.8) is 0 Å². The van der Waals surface area contributed by atoms with Crippen molar-refractivity contribution in [2.75, 3.05) is 11.9 Å². The Hall–Kier alpha value is -3.48. The fourth-order valence-electron chi connectivity index (χ4n) is 1.98. The van der Waals surface area contributed by atoms with E-state index in [1.54, 1.807) is 12.1 Å². The van der Waals surface area contributed by atoms with Crippen LogP contribution in [0.2, 0.25) is 0 Å². The Morgan fingerprint density at radius 1 is 1.20 bits per heavy atom. The van der Waals surface area contributed by atoms with Gasteiger partial charge in [0.25, 0.3) is 11.6 Å². The van der Waals surface area contributed by atoms with Crippen molar-refractivity contribution in [2.24, 2.45) is 0 Å². The molecule has 0 saturated carbocycles. The molecule has 0 aliphatic heterocycles. The Morgan fingerprint density at radius 3 is 2.56 bits per heavy atom. The highest BCUT2D eigenvalue weighted by atomic mass is 16.6. The number of esters is 1. The summed E-state index contributed by atoms with van der Waals surface area (Å²) in [4.78, 5) is 33.4. The molecule has 2 aromatic rings. The topological polar surface area (TPSA) is 98.5 Å². The molecule has 7 nitrogen and oxygen atoms in total.